The van der Waals surface area contributed by atoms with Crippen molar-refractivity contribution in [3.05, 3.63) is 293 Å². The molecule has 24 rings (SSSR count). The van der Waals surface area contributed by atoms with Gasteiger partial charge in [-0.25, -0.2) is 24.9 Å². The van der Waals surface area contributed by atoms with E-state index < -0.39 is 0 Å². The van der Waals surface area contributed by atoms with Crippen molar-refractivity contribution in [1.82, 2.24) is 49.8 Å². The minimum Gasteiger partial charge on any atom is -0.439 e. The Balaban J connectivity index is 0.000000113. The number of nitrogens with zero attached hydrogens (tertiary/aromatic N) is 19. The summed E-state index contributed by atoms with van der Waals surface area (Å²) in [5.41, 5.74) is 32.2. The Hall–Kier alpha value is -13.5. The summed E-state index contributed by atoms with van der Waals surface area (Å²) in [6, 6.07) is 49.0. The Bertz CT molecular complexity index is 6560. The van der Waals surface area contributed by atoms with Crippen LogP contribution < -0.4 is 0 Å². The molecule has 14 aromatic rings. The number of aryl methyl sites for hydroxylation is 2. The monoisotopic (exact) mass is 1770 g/mol. The lowest BCUT2D eigenvalue weighted by Gasteiger charge is -2.28. The summed E-state index contributed by atoms with van der Waals surface area (Å²) in [7, 11) is 0. The van der Waals surface area contributed by atoms with Crippen LogP contribution in [0.4, 0.5) is 39.9 Å². The van der Waals surface area contributed by atoms with Gasteiger partial charge in [0, 0.05) is 208 Å². The van der Waals surface area contributed by atoms with Gasteiger partial charge in [0.15, 0.2) is 28.6 Å². The number of rotatable bonds is 0. The van der Waals surface area contributed by atoms with Gasteiger partial charge >= 0.3 is 0 Å². The molecular weight excluding hydrogens is 1650 g/mol. The van der Waals surface area contributed by atoms with E-state index in [1.807, 2.05) is 148 Å². The van der Waals surface area contributed by atoms with E-state index >= 15 is 0 Å². The third kappa shape index (κ3) is 18.2. The number of pyridine rings is 8. The van der Waals surface area contributed by atoms with Crippen molar-refractivity contribution in [3.63, 3.8) is 0 Å². The van der Waals surface area contributed by atoms with Crippen LogP contribution in [0.5, 0.6) is 0 Å². The van der Waals surface area contributed by atoms with Gasteiger partial charge in [-0.15, -0.1) is 11.3 Å². The molecule has 0 saturated heterocycles. The van der Waals surface area contributed by atoms with E-state index in [9.17, 15) is 0 Å². The first-order valence-corrected chi connectivity index (χ1v) is 46.0. The molecule has 0 saturated carbocycles. The first-order valence-electron chi connectivity index (χ1n) is 45.2. The Morgan fingerprint density at radius 3 is 1.52 bits per heavy atom. The normalized spacial score (nSPS) is 18.8. The van der Waals surface area contributed by atoms with Crippen LogP contribution in [-0.2, 0) is 37.9 Å². The molecule has 0 fully saturated rings. The number of aromatic nitrogens is 10. The minimum atomic E-state index is 0.0202. The Kier molecular flexibility index (Phi) is 25.9. The summed E-state index contributed by atoms with van der Waals surface area (Å²) in [5, 5.41) is 5.76. The Morgan fingerprint density at radius 1 is 0.333 bits per heavy atom. The molecule has 10 aliphatic rings. The van der Waals surface area contributed by atoms with Gasteiger partial charge < -0.3 is 4.42 Å². The molecule has 2 atom stereocenters. The lowest BCUT2D eigenvalue weighted by atomic mass is 9.76. The lowest BCUT2D eigenvalue weighted by Crippen LogP contribution is -2.25. The maximum atomic E-state index is 5.19. The fourth-order valence-corrected chi connectivity index (χ4v) is 17.9. The highest BCUT2D eigenvalue weighted by molar-refractivity contribution is 7.18. The van der Waals surface area contributed by atoms with Crippen molar-refractivity contribution in [2.24, 2.45) is 56.3 Å². The van der Waals surface area contributed by atoms with Crippen LogP contribution in [-0.4, -0.2) is 108 Å². The molecule has 0 bridgehead atoms. The van der Waals surface area contributed by atoms with Crippen LogP contribution in [0.25, 0.3) is 54.2 Å². The molecule has 20 nitrogen and oxygen atoms in total. The standard InChI is InChI=1S/2C14H14N2.C14H16N2.C14H14N2.C11H13N.3C10H12N2.C7H6N2O.C7H6N2S/c1-9-14(2,3)12-5-4-10-8-15-7-6-11(10)13(12)16-9;1-9-14(2,3)11-6-7-12-10(13(11)16-9)5-4-8-15-12;1-9-14(2,3)11-7-6-10-5-4-8-15-12(10)13(11)16-9;1-9-14(2,3)11-8-15-12-7-5-4-6-10(12)13(11)16-9;1-8-11(2,3)9-6-4-5-7-10(9)12-8;1-7-10(2,3)8-6-11-5-4-9(8)12-7;1-7-10(2,3)9-8(12-7)5-4-6-11-9;1-7-10(2,3)8-5-4-6-11-9(8)12-7;2*1-5-9-7-6(10-5)3-2-4-8-7/h2*4-8H,1-3H3;4-8,10,12H,1-3H3;4-8H,1-3H3;4-7H,1-3H3;3*4-6H,1-3H3;2*2-4H,1H3. The molecule has 1 aliphatic carbocycles. The molecule has 0 N–H and O–H groups in total. The molecular formula is C111H119N19OS. The molecule has 0 radical (unpaired) electrons. The zero-order valence-electron chi connectivity index (χ0n) is 81.0. The number of benzene rings is 4. The van der Waals surface area contributed by atoms with Crippen molar-refractivity contribution in [1.29, 1.82) is 0 Å². The maximum absolute atomic E-state index is 5.19. The van der Waals surface area contributed by atoms with Crippen molar-refractivity contribution in [2.75, 3.05) is 0 Å². The summed E-state index contributed by atoms with van der Waals surface area (Å²) in [5.74, 6) is 1.95. The average Bonchev–Trinajstić information content (AvgIpc) is 1.60. The van der Waals surface area contributed by atoms with Crippen LogP contribution >= 0.6 is 11.3 Å². The zero-order valence-corrected chi connectivity index (χ0v) is 81.8. The van der Waals surface area contributed by atoms with E-state index in [0.29, 0.717) is 17.5 Å². The molecule has 0 spiro atoms. The topological polar surface area (TPSA) is 253 Å². The molecule has 10 aromatic heterocycles. The summed E-state index contributed by atoms with van der Waals surface area (Å²) in [6.07, 6.45) is 28.9. The smallest absolute Gasteiger partial charge is 0.198 e. The lowest BCUT2D eigenvalue weighted by molar-refractivity contribution is 0.561. The number of hydrogen-bond donors (Lipinski definition) is 0. The molecule has 670 valence electrons. The number of allylic oxidation sites excluding steroid dienone is 3. The molecule has 9 aliphatic heterocycles. The number of fused-ring (bicyclic) bond motifs is 17. The van der Waals surface area contributed by atoms with Crippen LogP contribution in [0.1, 0.15) is 216 Å². The van der Waals surface area contributed by atoms with Crippen molar-refractivity contribution in [2.45, 2.75) is 224 Å². The van der Waals surface area contributed by atoms with Crippen LogP contribution in [0, 0.1) is 25.2 Å². The Morgan fingerprint density at radius 2 is 0.833 bits per heavy atom. The highest BCUT2D eigenvalue weighted by Crippen LogP contribution is 2.50. The molecule has 4 aromatic carbocycles. The second kappa shape index (κ2) is 36.7. The Labute approximate surface area is 780 Å². The predicted octanol–water partition coefficient (Wildman–Crippen LogP) is 27.8. The van der Waals surface area contributed by atoms with Crippen molar-refractivity contribution in [3.8, 4) is 0 Å². The third-order valence-electron chi connectivity index (χ3n) is 28.0. The molecule has 21 heteroatoms. The summed E-state index contributed by atoms with van der Waals surface area (Å²) < 4.78 is 6.36. The van der Waals surface area contributed by atoms with Gasteiger partial charge in [0.25, 0.3) is 0 Å². The van der Waals surface area contributed by atoms with Gasteiger partial charge in [0.05, 0.1) is 66.3 Å². The number of aliphatic imine (C=N–C) groups is 9. The predicted molar refractivity (Wildman–Crippen MR) is 552 cm³/mol. The molecule has 19 heterocycles. The molecule has 132 heavy (non-hydrogen) atoms. The first-order chi connectivity index (χ1) is 62.6. The average molecular weight is 1770 g/mol. The number of thiazole rings is 1. The van der Waals surface area contributed by atoms with E-state index in [-0.39, 0.29) is 49.4 Å². The molecule has 2 unspecified atom stereocenters. The largest absolute Gasteiger partial charge is 0.439 e. The van der Waals surface area contributed by atoms with E-state index in [4.69, 9.17) is 24.4 Å². The number of dihydropyridines is 1. The highest BCUT2D eigenvalue weighted by atomic mass is 32.1. The van der Waals surface area contributed by atoms with E-state index in [1.165, 1.54) is 89.0 Å². The first kappa shape index (κ1) is 93.2. The minimum absolute atomic E-state index is 0.0202. The third-order valence-corrected chi connectivity index (χ3v) is 28.9. The highest BCUT2D eigenvalue weighted by Gasteiger charge is 2.42. The number of oxazole rings is 1. The maximum Gasteiger partial charge on any atom is 0.198 e. The van der Waals surface area contributed by atoms with Gasteiger partial charge in [0.1, 0.15) is 6.04 Å². The summed E-state index contributed by atoms with van der Waals surface area (Å²) >= 11 is 1.68. The number of para-hydroxylation sites is 2. The summed E-state index contributed by atoms with van der Waals surface area (Å²) in [4.78, 5) is 83.4. The van der Waals surface area contributed by atoms with Gasteiger partial charge in [-0.2, -0.15) is 4.98 Å². The second-order valence-electron chi connectivity index (χ2n) is 38.8. The second-order valence-corrected chi connectivity index (χ2v) is 40.1. The van der Waals surface area contributed by atoms with Gasteiger partial charge in [-0.1, -0.05) is 176 Å². The zero-order chi connectivity index (χ0) is 94.4. The van der Waals surface area contributed by atoms with Gasteiger partial charge in [-0.05, 0) is 189 Å². The quantitative estimate of drug-likeness (QED) is 0.138. The van der Waals surface area contributed by atoms with Gasteiger partial charge in [0.2, 0.25) is 0 Å². The van der Waals surface area contributed by atoms with E-state index in [2.05, 4.69) is 320 Å². The fraction of sp³-hybridized carbons (Fsp3) is 0.324. The molecule has 0 amide bonds. The van der Waals surface area contributed by atoms with Crippen molar-refractivity contribution >= 4 is 157 Å². The van der Waals surface area contributed by atoms with Crippen LogP contribution in [0.2, 0.25) is 0 Å². The van der Waals surface area contributed by atoms with Crippen LogP contribution in [0.15, 0.2) is 292 Å². The van der Waals surface area contributed by atoms with Crippen LogP contribution in [0.3, 0.4) is 0 Å². The van der Waals surface area contributed by atoms with Gasteiger partial charge in [-0.3, -0.25) is 64.9 Å². The number of hydrogen-bond acceptors (Lipinski definition) is 21. The van der Waals surface area contributed by atoms with E-state index in [0.717, 1.165) is 100 Å². The fourth-order valence-electron chi connectivity index (χ4n) is 17.1. The van der Waals surface area contributed by atoms with E-state index in [1.54, 1.807) is 36.1 Å². The SMILES string of the molecule is CC1=NC2=C(C=CC3C=CC=NC23)C1(C)C.CC1=Nc2c(ccc3cnccc23)C1(C)C.CC1=Nc2c(ccc3ncccc23)C1(C)C.CC1=Nc2c(cnc3ccccc23)C1(C)C.CC1=Nc2ccccc2C1(C)C.CC1=Nc2cccnc2C1(C)C.CC1=Nc2ccncc2C1(C)C.CC1=Nc2ncccc2C1(C)C.Cc1nc2ncccc2o1.Cc1nc2ncccc2s1. The summed E-state index contributed by atoms with van der Waals surface area (Å²) in [6.45, 7) is 55.7. The van der Waals surface area contributed by atoms with Crippen molar-refractivity contribution < 1.29 is 4.42 Å².